The lowest BCUT2D eigenvalue weighted by molar-refractivity contribution is 0.0924. The molecule has 1 unspecified atom stereocenters. The number of aromatic amines is 1. The van der Waals surface area contributed by atoms with E-state index < -0.39 is 6.10 Å². The van der Waals surface area contributed by atoms with E-state index in [1.165, 1.54) is 6.20 Å². The summed E-state index contributed by atoms with van der Waals surface area (Å²) in [5, 5.41) is 16.2. The number of benzene rings is 1. The fourth-order valence-electron chi connectivity index (χ4n) is 3.17. The minimum atomic E-state index is -0.677. The lowest BCUT2D eigenvalue weighted by atomic mass is 10.0. The second kappa shape index (κ2) is 10.2. The third-order valence-corrected chi connectivity index (χ3v) is 5.33. The third-order valence-electron chi connectivity index (χ3n) is 4.76. The van der Waals surface area contributed by atoms with E-state index in [4.69, 9.17) is 23.2 Å². The number of aromatic nitrogens is 2. The normalized spacial score (nSPS) is 12.0. The average Bonchev–Trinajstić information content (AvgIpc) is 2.75. The smallest absolute Gasteiger partial charge is 0.256 e. The van der Waals surface area contributed by atoms with Gasteiger partial charge in [-0.25, -0.2) is 0 Å². The van der Waals surface area contributed by atoms with Crippen LogP contribution in [0.5, 0.6) is 0 Å². The summed E-state index contributed by atoms with van der Waals surface area (Å²) in [6.45, 7) is 5.59. The number of nitrogens with zero attached hydrogens (tertiary/aromatic N) is 1. The first-order chi connectivity index (χ1) is 15.2. The topological polar surface area (TPSA) is 107 Å². The van der Waals surface area contributed by atoms with Gasteiger partial charge in [0.1, 0.15) is 0 Å². The SMILES string of the molecule is CC(O)CNC(=O)c1cnccc1Nc1cc(-c2cc(Cl)ccc2Cl)c(=O)[nH]c1C(C)C. The van der Waals surface area contributed by atoms with E-state index >= 15 is 0 Å². The molecule has 32 heavy (non-hydrogen) atoms. The van der Waals surface area contributed by atoms with Crippen molar-refractivity contribution in [1.29, 1.82) is 0 Å². The predicted octanol–water partition coefficient (Wildman–Crippen LogP) is 4.72. The molecular weight excluding hydrogens is 451 g/mol. The summed E-state index contributed by atoms with van der Waals surface area (Å²) in [4.78, 5) is 32.4. The van der Waals surface area contributed by atoms with Gasteiger partial charge in [-0.05, 0) is 43.2 Å². The van der Waals surface area contributed by atoms with Gasteiger partial charge in [0.15, 0.2) is 0 Å². The zero-order valence-corrected chi connectivity index (χ0v) is 19.4. The van der Waals surface area contributed by atoms with E-state index in [1.54, 1.807) is 43.5 Å². The van der Waals surface area contributed by atoms with Crippen molar-refractivity contribution in [3.8, 4) is 11.1 Å². The largest absolute Gasteiger partial charge is 0.392 e. The molecule has 1 atom stereocenters. The monoisotopic (exact) mass is 474 g/mol. The van der Waals surface area contributed by atoms with Gasteiger partial charge >= 0.3 is 0 Å². The Morgan fingerprint density at radius 3 is 2.56 bits per heavy atom. The van der Waals surface area contributed by atoms with Crippen LogP contribution in [-0.2, 0) is 0 Å². The summed E-state index contributed by atoms with van der Waals surface area (Å²) in [5.74, 6) is -0.390. The molecule has 3 aromatic rings. The van der Waals surface area contributed by atoms with E-state index in [0.29, 0.717) is 43.8 Å². The standard InChI is InChI=1S/C23H24Cl2N4O3/c1-12(2)21-20(9-16(23(32)29-21)15-8-14(24)4-5-18(15)25)28-19-6-7-26-11-17(19)22(31)27-10-13(3)30/h4-9,11-13,30H,10H2,1-3H3,(H,26,28)(H,27,31)(H,29,32). The molecule has 3 rings (SSSR count). The number of hydrogen-bond acceptors (Lipinski definition) is 5. The Morgan fingerprint density at radius 1 is 1.12 bits per heavy atom. The number of carbonyl (C=O) groups is 1. The van der Waals surface area contributed by atoms with Crippen LogP contribution < -0.4 is 16.2 Å². The quantitative estimate of drug-likeness (QED) is 0.396. The lowest BCUT2D eigenvalue weighted by Crippen LogP contribution is -2.31. The number of halogens is 2. The molecule has 9 heteroatoms. The van der Waals surface area contributed by atoms with E-state index in [0.717, 1.165) is 0 Å². The Bertz CT molecular complexity index is 1190. The van der Waals surface area contributed by atoms with Gasteiger partial charge in [-0.15, -0.1) is 0 Å². The molecule has 168 valence electrons. The van der Waals surface area contributed by atoms with Gasteiger partial charge in [-0.3, -0.25) is 14.6 Å². The van der Waals surface area contributed by atoms with Crippen LogP contribution >= 0.6 is 23.2 Å². The van der Waals surface area contributed by atoms with Crippen molar-refractivity contribution in [1.82, 2.24) is 15.3 Å². The molecule has 2 aromatic heterocycles. The van der Waals surface area contributed by atoms with Crippen molar-refractivity contribution in [2.75, 3.05) is 11.9 Å². The third kappa shape index (κ3) is 5.48. The number of aliphatic hydroxyl groups is 1. The number of pyridine rings is 2. The number of carbonyl (C=O) groups excluding carboxylic acids is 1. The van der Waals surface area contributed by atoms with Crippen LogP contribution in [-0.4, -0.2) is 33.6 Å². The first-order valence-electron chi connectivity index (χ1n) is 10.1. The molecule has 4 N–H and O–H groups in total. The highest BCUT2D eigenvalue weighted by Gasteiger charge is 2.18. The highest BCUT2D eigenvalue weighted by Crippen LogP contribution is 2.33. The van der Waals surface area contributed by atoms with Gasteiger partial charge in [0.25, 0.3) is 11.5 Å². The summed E-state index contributed by atoms with van der Waals surface area (Å²) in [5.41, 5.74) is 2.64. The highest BCUT2D eigenvalue weighted by molar-refractivity contribution is 6.35. The van der Waals surface area contributed by atoms with Gasteiger partial charge in [-0.1, -0.05) is 37.0 Å². The molecule has 1 aromatic carbocycles. The van der Waals surface area contributed by atoms with Crippen molar-refractivity contribution in [2.45, 2.75) is 32.8 Å². The zero-order valence-electron chi connectivity index (χ0n) is 17.9. The molecule has 0 aliphatic heterocycles. The number of aliphatic hydroxyl groups excluding tert-OH is 1. The van der Waals surface area contributed by atoms with Gasteiger partial charge in [0, 0.05) is 40.2 Å². The molecule has 0 saturated carbocycles. The van der Waals surface area contributed by atoms with Crippen molar-refractivity contribution in [3.63, 3.8) is 0 Å². The molecule has 0 aliphatic rings. The summed E-state index contributed by atoms with van der Waals surface area (Å²) in [6.07, 6.45) is 2.32. The summed E-state index contributed by atoms with van der Waals surface area (Å²) < 4.78 is 0. The van der Waals surface area contributed by atoms with Gasteiger partial charge in [0.2, 0.25) is 0 Å². The molecule has 7 nitrogen and oxygen atoms in total. The number of anilines is 2. The highest BCUT2D eigenvalue weighted by atomic mass is 35.5. The van der Waals surface area contributed by atoms with Gasteiger partial charge < -0.3 is 20.7 Å². The minimum absolute atomic E-state index is 0.0107. The summed E-state index contributed by atoms with van der Waals surface area (Å²) in [6, 6.07) is 8.28. The minimum Gasteiger partial charge on any atom is -0.392 e. The molecule has 0 fully saturated rings. The second-order valence-corrected chi connectivity index (χ2v) is 8.57. The van der Waals surface area contributed by atoms with E-state index in [2.05, 4.69) is 20.6 Å². The van der Waals surface area contributed by atoms with Crippen LogP contribution in [0.4, 0.5) is 11.4 Å². The zero-order chi connectivity index (χ0) is 23.4. The first-order valence-corrected chi connectivity index (χ1v) is 10.8. The molecule has 0 aliphatic carbocycles. The molecule has 0 spiro atoms. The molecule has 2 heterocycles. The fraction of sp³-hybridized carbons (Fsp3) is 0.261. The maximum Gasteiger partial charge on any atom is 0.256 e. The molecule has 0 saturated heterocycles. The number of rotatable bonds is 7. The fourth-order valence-corrected chi connectivity index (χ4v) is 3.56. The Balaban J connectivity index is 2.08. The van der Waals surface area contributed by atoms with Crippen LogP contribution in [0.2, 0.25) is 10.0 Å². The van der Waals surface area contributed by atoms with E-state index in [-0.39, 0.29) is 23.9 Å². The number of amides is 1. The van der Waals surface area contributed by atoms with Gasteiger partial charge in [-0.2, -0.15) is 0 Å². The molecule has 0 radical (unpaired) electrons. The summed E-state index contributed by atoms with van der Waals surface area (Å²) in [7, 11) is 0. The lowest BCUT2D eigenvalue weighted by Gasteiger charge is -2.18. The van der Waals surface area contributed by atoms with Crippen molar-refractivity contribution >= 4 is 40.5 Å². The van der Waals surface area contributed by atoms with Crippen LogP contribution in [0.25, 0.3) is 11.1 Å². The van der Waals surface area contributed by atoms with Crippen molar-refractivity contribution in [2.24, 2.45) is 0 Å². The number of hydrogen-bond donors (Lipinski definition) is 4. The van der Waals surface area contributed by atoms with E-state index in [1.807, 2.05) is 13.8 Å². The Hall–Kier alpha value is -2.87. The number of nitrogens with one attached hydrogen (secondary N) is 3. The summed E-state index contributed by atoms with van der Waals surface area (Å²) >= 11 is 12.5. The van der Waals surface area contributed by atoms with Crippen molar-refractivity contribution in [3.05, 3.63) is 74.4 Å². The molecular formula is C23H24Cl2N4O3. The van der Waals surface area contributed by atoms with Crippen LogP contribution in [0, 0.1) is 0 Å². The maximum absolute atomic E-state index is 12.9. The Labute approximate surface area is 195 Å². The molecule has 0 bridgehead atoms. The van der Waals surface area contributed by atoms with Crippen LogP contribution in [0.15, 0.2) is 47.5 Å². The second-order valence-electron chi connectivity index (χ2n) is 7.72. The Morgan fingerprint density at radius 2 is 1.88 bits per heavy atom. The van der Waals surface area contributed by atoms with Gasteiger partial charge in [0.05, 0.1) is 28.6 Å². The van der Waals surface area contributed by atoms with Crippen LogP contribution in [0.3, 0.4) is 0 Å². The maximum atomic E-state index is 12.9. The Kier molecular flexibility index (Phi) is 7.56. The predicted molar refractivity (Wildman–Crippen MR) is 128 cm³/mol. The molecule has 1 amide bonds. The van der Waals surface area contributed by atoms with Crippen molar-refractivity contribution < 1.29 is 9.90 Å². The number of H-pyrrole nitrogens is 1. The van der Waals surface area contributed by atoms with E-state index in [9.17, 15) is 14.7 Å². The van der Waals surface area contributed by atoms with Crippen LogP contribution in [0.1, 0.15) is 42.7 Å². The average molecular weight is 475 g/mol. The first kappa shape index (κ1) is 23.8.